The Morgan fingerprint density at radius 2 is 2.20 bits per heavy atom. The highest BCUT2D eigenvalue weighted by molar-refractivity contribution is 9.09. The lowest BCUT2D eigenvalue weighted by Crippen LogP contribution is -2.35. The number of halogens is 1. The topological polar surface area (TPSA) is 20.3 Å². The Kier molecular flexibility index (Phi) is 6.30. The normalized spacial score (nSPS) is 20.1. The minimum atomic E-state index is 0.370. The van der Waals surface area contributed by atoms with Gasteiger partial charge in [-0.25, -0.2) is 0 Å². The van der Waals surface area contributed by atoms with Crippen LogP contribution in [0.25, 0.3) is 0 Å². The molecule has 0 radical (unpaired) electrons. The molecule has 0 aromatic heterocycles. The number of likely N-dealkylation sites (tertiary alicyclic amines) is 1. The lowest BCUT2D eigenvalue weighted by atomic mass is 10.1. The van der Waals surface area contributed by atoms with E-state index in [0.29, 0.717) is 11.8 Å². The molecule has 1 unspecified atom stereocenters. The first-order valence-electron chi connectivity index (χ1n) is 6.11. The van der Waals surface area contributed by atoms with Gasteiger partial charge >= 0.3 is 0 Å². The lowest BCUT2D eigenvalue weighted by molar-refractivity contribution is -0.131. The summed E-state index contributed by atoms with van der Waals surface area (Å²) < 4.78 is 0. The largest absolute Gasteiger partial charge is 0.342 e. The third kappa shape index (κ3) is 4.54. The summed E-state index contributed by atoms with van der Waals surface area (Å²) in [6.07, 6.45) is 6.68. The third-order valence-corrected chi connectivity index (χ3v) is 3.98. The molecule has 1 fully saturated rings. The van der Waals surface area contributed by atoms with E-state index in [1.807, 2.05) is 0 Å². The van der Waals surface area contributed by atoms with Gasteiger partial charge in [0.15, 0.2) is 0 Å². The van der Waals surface area contributed by atoms with Crippen LogP contribution in [0.4, 0.5) is 0 Å². The predicted octanol–water partition coefficient (Wildman–Crippen LogP) is 3.20. The maximum atomic E-state index is 11.8. The van der Waals surface area contributed by atoms with E-state index in [9.17, 15) is 4.79 Å². The molecule has 0 aliphatic carbocycles. The summed E-state index contributed by atoms with van der Waals surface area (Å²) in [7, 11) is 0. The van der Waals surface area contributed by atoms with Crippen molar-refractivity contribution < 1.29 is 4.79 Å². The number of nitrogens with zero attached hydrogens (tertiary/aromatic N) is 1. The molecule has 1 atom stereocenters. The molecule has 0 N–H and O–H groups in total. The number of carbonyl (C=O) groups excluding carboxylic acids is 1. The minimum absolute atomic E-state index is 0.370. The summed E-state index contributed by atoms with van der Waals surface area (Å²) in [4.78, 5) is 13.9. The van der Waals surface area contributed by atoms with Crippen LogP contribution in [0.5, 0.6) is 0 Å². The molecule has 0 spiro atoms. The molecule has 3 heteroatoms. The molecule has 88 valence electrons. The fourth-order valence-corrected chi connectivity index (χ4v) is 2.70. The van der Waals surface area contributed by atoms with Crippen LogP contribution in [-0.2, 0) is 4.79 Å². The van der Waals surface area contributed by atoms with Gasteiger partial charge in [0.2, 0.25) is 5.91 Å². The van der Waals surface area contributed by atoms with Gasteiger partial charge < -0.3 is 4.90 Å². The van der Waals surface area contributed by atoms with E-state index in [4.69, 9.17) is 0 Å². The Balaban J connectivity index is 2.42. The van der Waals surface area contributed by atoms with Crippen LogP contribution in [-0.4, -0.2) is 29.2 Å². The second-order valence-electron chi connectivity index (χ2n) is 4.46. The summed E-state index contributed by atoms with van der Waals surface area (Å²) in [5.74, 6) is 1.01. The lowest BCUT2D eigenvalue weighted by Gasteiger charge is -2.25. The monoisotopic (exact) mass is 275 g/mol. The molecular weight excluding hydrogens is 254 g/mol. The first-order valence-corrected chi connectivity index (χ1v) is 7.23. The molecule has 1 saturated heterocycles. The zero-order valence-electron chi connectivity index (χ0n) is 9.67. The van der Waals surface area contributed by atoms with Gasteiger partial charge in [-0.3, -0.25) is 4.79 Å². The van der Waals surface area contributed by atoms with E-state index < -0.39 is 0 Å². The molecular formula is C12H22BrNO. The smallest absolute Gasteiger partial charge is 0.222 e. The van der Waals surface area contributed by atoms with E-state index >= 15 is 0 Å². The van der Waals surface area contributed by atoms with Crippen LogP contribution in [0.3, 0.4) is 0 Å². The van der Waals surface area contributed by atoms with Gasteiger partial charge in [-0.1, -0.05) is 35.7 Å². The minimum Gasteiger partial charge on any atom is -0.342 e. The Hall–Kier alpha value is -0.0500. The van der Waals surface area contributed by atoms with Gasteiger partial charge in [0, 0.05) is 24.8 Å². The van der Waals surface area contributed by atoms with Gasteiger partial charge in [0.25, 0.3) is 0 Å². The molecule has 1 amide bonds. The van der Waals surface area contributed by atoms with Crippen LogP contribution in [0.1, 0.15) is 45.4 Å². The highest BCUT2D eigenvalue weighted by Gasteiger charge is 2.19. The SMILES string of the molecule is CCCC(CBr)CN1CCCCCC1=O. The predicted molar refractivity (Wildman–Crippen MR) is 67.2 cm³/mol. The van der Waals surface area contributed by atoms with Crippen LogP contribution in [0, 0.1) is 5.92 Å². The van der Waals surface area contributed by atoms with Crippen LogP contribution < -0.4 is 0 Å². The highest BCUT2D eigenvalue weighted by Crippen LogP contribution is 2.16. The highest BCUT2D eigenvalue weighted by atomic mass is 79.9. The Morgan fingerprint density at radius 1 is 1.40 bits per heavy atom. The standard InChI is InChI=1S/C12H22BrNO/c1-2-6-11(9-13)10-14-8-5-3-4-7-12(14)15/h11H,2-10H2,1H3. The van der Waals surface area contributed by atoms with Gasteiger partial charge in [0.05, 0.1) is 0 Å². The quantitative estimate of drug-likeness (QED) is 0.706. The van der Waals surface area contributed by atoms with Crippen molar-refractivity contribution in [3.63, 3.8) is 0 Å². The summed E-state index contributed by atoms with van der Waals surface area (Å²) in [5, 5.41) is 1.02. The van der Waals surface area contributed by atoms with E-state index in [2.05, 4.69) is 27.8 Å². The maximum Gasteiger partial charge on any atom is 0.222 e. The van der Waals surface area contributed by atoms with Gasteiger partial charge in [-0.15, -0.1) is 0 Å². The Morgan fingerprint density at radius 3 is 2.87 bits per heavy atom. The molecule has 1 rings (SSSR count). The molecule has 1 aliphatic rings. The van der Waals surface area contributed by atoms with Crippen molar-refractivity contribution >= 4 is 21.8 Å². The molecule has 0 saturated carbocycles. The van der Waals surface area contributed by atoms with E-state index in [1.165, 1.54) is 25.7 Å². The summed E-state index contributed by atoms with van der Waals surface area (Å²) in [6, 6.07) is 0. The summed E-state index contributed by atoms with van der Waals surface area (Å²) >= 11 is 3.55. The molecule has 1 heterocycles. The number of hydrogen-bond donors (Lipinski definition) is 0. The van der Waals surface area contributed by atoms with Gasteiger partial charge in [-0.2, -0.15) is 0 Å². The van der Waals surface area contributed by atoms with Gasteiger partial charge in [0.1, 0.15) is 0 Å². The maximum absolute atomic E-state index is 11.8. The molecule has 15 heavy (non-hydrogen) atoms. The number of amides is 1. The summed E-state index contributed by atoms with van der Waals surface area (Å²) in [6.45, 7) is 4.14. The van der Waals surface area contributed by atoms with Crippen molar-refractivity contribution in [3.8, 4) is 0 Å². The first-order chi connectivity index (χ1) is 7.27. The summed E-state index contributed by atoms with van der Waals surface area (Å²) in [5.41, 5.74) is 0. The van der Waals surface area contributed by atoms with Crippen molar-refractivity contribution in [2.75, 3.05) is 18.4 Å². The Bertz CT molecular complexity index is 196. The third-order valence-electron chi connectivity index (χ3n) is 3.07. The molecule has 1 aliphatic heterocycles. The fraction of sp³-hybridized carbons (Fsp3) is 0.917. The molecule has 0 bridgehead atoms. The first kappa shape index (κ1) is 13.0. The fourth-order valence-electron chi connectivity index (χ4n) is 2.17. The van der Waals surface area contributed by atoms with E-state index in [1.54, 1.807) is 0 Å². The van der Waals surface area contributed by atoms with Crippen molar-refractivity contribution in [2.45, 2.75) is 45.4 Å². The second-order valence-corrected chi connectivity index (χ2v) is 5.11. The van der Waals surface area contributed by atoms with Crippen LogP contribution in [0.15, 0.2) is 0 Å². The zero-order chi connectivity index (χ0) is 11.1. The Labute approximate surface area is 102 Å². The average Bonchev–Trinajstić information content (AvgIpc) is 2.43. The van der Waals surface area contributed by atoms with E-state index in [0.717, 1.165) is 31.3 Å². The van der Waals surface area contributed by atoms with Gasteiger partial charge in [-0.05, 0) is 25.2 Å². The average molecular weight is 276 g/mol. The van der Waals surface area contributed by atoms with Crippen molar-refractivity contribution in [2.24, 2.45) is 5.92 Å². The van der Waals surface area contributed by atoms with Crippen LogP contribution in [0.2, 0.25) is 0 Å². The van der Waals surface area contributed by atoms with Crippen molar-refractivity contribution in [1.82, 2.24) is 4.90 Å². The zero-order valence-corrected chi connectivity index (χ0v) is 11.3. The molecule has 2 nitrogen and oxygen atoms in total. The number of alkyl halides is 1. The van der Waals surface area contributed by atoms with Crippen LogP contribution >= 0.6 is 15.9 Å². The van der Waals surface area contributed by atoms with Crippen molar-refractivity contribution in [3.05, 3.63) is 0 Å². The van der Waals surface area contributed by atoms with Crippen molar-refractivity contribution in [1.29, 1.82) is 0 Å². The molecule has 0 aromatic rings. The van der Waals surface area contributed by atoms with E-state index in [-0.39, 0.29) is 0 Å². The second kappa shape index (κ2) is 7.26. The number of carbonyl (C=O) groups is 1. The number of rotatable bonds is 5. The molecule has 0 aromatic carbocycles. The number of hydrogen-bond acceptors (Lipinski definition) is 1.